The van der Waals surface area contributed by atoms with Crippen LogP contribution in [0.5, 0.6) is 11.5 Å². The first-order valence-corrected chi connectivity index (χ1v) is 12.0. The smallest absolute Gasteiger partial charge is 0.264 e. The van der Waals surface area contributed by atoms with Crippen LogP contribution in [0.4, 0.5) is 5.69 Å². The molecule has 33 heavy (non-hydrogen) atoms. The number of methoxy groups -OCH3 is 2. The summed E-state index contributed by atoms with van der Waals surface area (Å²) in [6.07, 6.45) is 0.584. The number of carbonyl (C=O) groups excluding carboxylic acids is 1. The molecule has 0 saturated carbocycles. The molecular weight excluding hydrogens is 464 g/mol. The molecule has 0 radical (unpaired) electrons. The van der Waals surface area contributed by atoms with E-state index in [0.717, 1.165) is 9.87 Å². The van der Waals surface area contributed by atoms with Crippen LogP contribution < -0.4 is 19.1 Å². The fourth-order valence-corrected chi connectivity index (χ4v) is 4.77. The fraction of sp³-hybridized carbons (Fsp3) is 0.208. The van der Waals surface area contributed by atoms with E-state index in [1.54, 1.807) is 48.5 Å². The van der Waals surface area contributed by atoms with Gasteiger partial charge in [0.05, 0.1) is 24.8 Å². The van der Waals surface area contributed by atoms with Gasteiger partial charge >= 0.3 is 0 Å². The number of ether oxygens (including phenoxy) is 2. The van der Waals surface area contributed by atoms with Crippen molar-refractivity contribution < 1.29 is 22.7 Å². The Morgan fingerprint density at radius 2 is 1.67 bits per heavy atom. The van der Waals surface area contributed by atoms with Crippen molar-refractivity contribution in [1.82, 2.24) is 5.32 Å². The van der Waals surface area contributed by atoms with Gasteiger partial charge in [-0.05, 0) is 48.4 Å². The van der Waals surface area contributed by atoms with Crippen LogP contribution in [0.3, 0.4) is 0 Å². The zero-order chi connectivity index (χ0) is 23.8. The summed E-state index contributed by atoms with van der Waals surface area (Å²) < 4.78 is 38.6. The highest BCUT2D eigenvalue weighted by atomic mass is 35.5. The Balaban J connectivity index is 1.84. The molecule has 0 aromatic heterocycles. The molecule has 9 heteroatoms. The van der Waals surface area contributed by atoms with Crippen molar-refractivity contribution in [2.24, 2.45) is 0 Å². The largest absolute Gasteiger partial charge is 0.497 e. The van der Waals surface area contributed by atoms with Crippen molar-refractivity contribution in [2.75, 3.05) is 31.6 Å². The second kappa shape index (κ2) is 11.1. The van der Waals surface area contributed by atoms with E-state index in [9.17, 15) is 13.2 Å². The minimum Gasteiger partial charge on any atom is -0.497 e. The Hall–Kier alpha value is -3.23. The lowest BCUT2D eigenvalue weighted by Crippen LogP contribution is -2.41. The number of hydrogen-bond donors (Lipinski definition) is 1. The van der Waals surface area contributed by atoms with Gasteiger partial charge < -0.3 is 14.8 Å². The third-order valence-corrected chi connectivity index (χ3v) is 6.95. The van der Waals surface area contributed by atoms with Gasteiger partial charge in [0.25, 0.3) is 10.0 Å². The molecule has 1 amide bonds. The highest BCUT2D eigenvalue weighted by Gasteiger charge is 2.29. The van der Waals surface area contributed by atoms with Crippen molar-refractivity contribution >= 4 is 33.2 Å². The van der Waals surface area contributed by atoms with Crippen molar-refractivity contribution in [3.05, 3.63) is 83.4 Å². The SMILES string of the molecule is COc1ccc(N(CC(=O)NCCc2ccc(Cl)cc2)S(=O)(=O)c2ccccc2)c(OC)c1. The van der Waals surface area contributed by atoms with Crippen molar-refractivity contribution in [3.8, 4) is 11.5 Å². The molecule has 0 aliphatic rings. The van der Waals surface area contributed by atoms with Crippen LogP contribution >= 0.6 is 11.6 Å². The molecule has 0 fully saturated rings. The van der Waals surface area contributed by atoms with Gasteiger partial charge in [0, 0.05) is 17.6 Å². The molecule has 0 spiro atoms. The Labute approximate surface area is 198 Å². The third kappa shape index (κ3) is 6.18. The number of rotatable bonds is 10. The maximum absolute atomic E-state index is 13.5. The molecule has 3 aromatic rings. The van der Waals surface area contributed by atoms with Crippen LogP contribution in [0.1, 0.15) is 5.56 Å². The highest BCUT2D eigenvalue weighted by molar-refractivity contribution is 7.92. The van der Waals surface area contributed by atoms with Gasteiger partial charge in [0.15, 0.2) is 0 Å². The van der Waals surface area contributed by atoms with Crippen molar-refractivity contribution in [2.45, 2.75) is 11.3 Å². The van der Waals surface area contributed by atoms with Gasteiger partial charge in [-0.15, -0.1) is 0 Å². The van der Waals surface area contributed by atoms with Crippen LogP contribution in [0.15, 0.2) is 77.7 Å². The van der Waals surface area contributed by atoms with Gasteiger partial charge in [0.1, 0.15) is 18.0 Å². The number of hydrogen-bond acceptors (Lipinski definition) is 5. The number of anilines is 1. The Bertz CT molecular complexity index is 1190. The lowest BCUT2D eigenvalue weighted by atomic mass is 10.1. The van der Waals surface area contributed by atoms with E-state index < -0.39 is 22.5 Å². The van der Waals surface area contributed by atoms with E-state index in [-0.39, 0.29) is 16.3 Å². The second-order valence-corrected chi connectivity index (χ2v) is 9.39. The number of nitrogens with zero attached hydrogens (tertiary/aromatic N) is 1. The number of sulfonamides is 1. The van der Waals surface area contributed by atoms with Gasteiger partial charge in [-0.25, -0.2) is 8.42 Å². The monoisotopic (exact) mass is 488 g/mol. The average Bonchev–Trinajstić information content (AvgIpc) is 2.84. The van der Waals surface area contributed by atoms with Crippen LogP contribution in [-0.4, -0.2) is 41.6 Å². The van der Waals surface area contributed by atoms with E-state index in [2.05, 4.69) is 5.32 Å². The first-order chi connectivity index (χ1) is 15.8. The van der Waals surface area contributed by atoms with Crippen LogP contribution in [0.2, 0.25) is 5.02 Å². The summed E-state index contributed by atoms with van der Waals surface area (Å²) in [5.74, 6) is 0.323. The minimum atomic E-state index is -4.05. The number of carbonyl (C=O) groups is 1. The third-order valence-electron chi connectivity index (χ3n) is 4.92. The molecule has 3 rings (SSSR count). The molecule has 0 atom stereocenters. The van der Waals surface area contributed by atoms with Crippen LogP contribution in [-0.2, 0) is 21.2 Å². The molecule has 0 bridgehead atoms. The minimum absolute atomic E-state index is 0.0665. The number of benzene rings is 3. The highest BCUT2D eigenvalue weighted by Crippen LogP contribution is 2.35. The van der Waals surface area contributed by atoms with Gasteiger partial charge in [-0.1, -0.05) is 41.9 Å². The molecule has 0 heterocycles. The number of nitrogens with one attached hydrogen (secondary N) is 1. The van der Waals surface area contributed by atoms with E-state index in [0.29, 0.717) is 23.7 Å². The van der Waals surface area contributed by atoms with Crippen LogP contribution in [0.25, 0.3) is 0 Å². The number of amides is 1. The summed E-state index contributed by atoms with van der Waals surface area (Å²) in [6.45, 7) is -0.0695. The second-order valence-electron chi connectivity index (χ2n) is 7.09. The Morgan fingerprint density at radius 3 is 2.30 bits per heavy atom. The molecule has 3 aromatic carbocycles. The average molecular weight is 489 g/mol. The molecule has 0 saturated heterocycles. The van der Waals surface area contributed by atoms with Crippen molar-refractivity contribution in [3.63, 3.8) is 0 Å². The quantitative estimate of drug-likeness (QED) is 0.467. The standard InChI is InChI=1S/C24H25ClN2O5S/c1-31-20-12-13-22(23(16-20)32-2)27(33(29,30)21-6-4-3-5-7-21)17-24(28)26-15-14-18-8-10-19(25)11-9-18/h3-13,16H,14-15,17H2,1-2H3,(H,26,28). The van der Waals surface area contributed by atoms with E-state index in [1.807, 2.05) is 12.1 Å². The first kappa shape index (κ1) is 24.4. The Kier molecular flexibility index (Phi) is 8.19. The van der Waals surface area contributed by atoms with E-state index in [4.69, 9.17) is 21.1 Å². The molecule has 0 aliphatic carbocycles. The summed E-state index contributed by atoms with van der Waals surface area (Å²) in [6, 6.07) is 20.0. The maximum atomic E-state index is 13.5. The van der Waals surface area contributed by atoms with Crippen LogP contribution in [0, 0.1) is 0 Å². The topological polar surface area (TPSA) is 84.9 Å². The van der Waals surface area contributed by atoms with E-state index in [1.165, 1.54) is 26.4 Å². The molecule has 1 N–H and O–H groups in total. The maximum Gasteiger partial charge on any atom is 0.264 e. The lowest BCUT2D eigenvalue weighted by Gasteiger charge is -2.26. The van der Waals surface area contributed by atoms with E-state index >= 15 is 0 Å². The zero-order valence-corrected chi connectivity index (χ0v) is 19.9. The number of halogens is 1. The first-order valence-electron chi connectivity index (χ1n) is 10.2. The molecule has 174 valence electrons. The molecular formula is C24H25ClN2O5S. The fourth-order valence-electron chi connectivity index (χ4n) is 3.19. The lowest BCUT2D eigenvalue weighted by molar-refractivity contribution is -0.119. The molecule has 0 aliphatic heterocycles. The van der Waals surface area contributed by atoms with Gasteiger partial charge in [-0.3, -0.25) is 9.10 Å². The summed E-state index contributed by atoms with van der Waals surface area (Å²) >= 11 is 5.90. The van der Waals surface area contributed by atoms with Crippen molar-refractivity contribution in [1.29, 1.82) is 0 Å². The zero-order valence-electron chi connectivity index (χ0n) is 18.3. The van der Waals surface area contributed by atoms with Gasteiger partial charge in [-0.2, -0.15) is 0 Å². The summed E-state index contributed by atoms with van der Waals surface area (Å²) in [5, 5.41) is 3.42. The predicted molar refractivity (Wildman–Crippen MR) is 129 cm³/mol. The van der Waals surface area contributed by atoms with Gasteiger partial charge in [0.2, 0.25) is 5.91 Å². The molecule has 7 nitrogen and oxygen atoms in total. The summed E-state index contributed by atoms with van der Waals surface area (Å²) in [7, 11) is -1.12. The normalized spacial score (nSPS) is 11.0. The summed E-state index contributed by atoms with van der Waals surface area (Å²) in [5.41, 5.74) is 1.24. The summed E-state index contributed by atoms with van der Waals surface area (Å²) in [4.78, 5) is 12.8. The molecule has 0 unspecified atom stereocenters. The predicted octanol–water partition coefficient (Wildman–Crippen LogP) is 3.91. The Morgan fingerprint density at radius 1 is 0.970 bits per heavy atom.